The number of hydrogen-bond acceptors (Lipinski definition) is 3. The predicted octanol–water partition coefficient (Wildman–Crippen LogP) is 2.72. The van der Waals surface area contributed by atoms with E-state index >= 15 is 0 Å². The zero-order valence-electron chi connectivity index (χ0n) is 10.1. The lowest BCUT2D eigenvalue weighted by atomic mass is 10.1. The van der Waals surface area contributed by atoms with Gasteiger partial charge in [-0.15, -0.1) is 0 Å². The fourth-order valence-electron chi connectivity index (χ4n) is 2.16. The maximum absolute atomic E-state index is 11.5. The Bertz CT molecular complexity index is 449. The average molecular weight is 232 g/mol. The summed E-state index contributed by atoms with van der Waals surface area (Å²) >= 11 is 0. The molecular weight excluding hydrogens is 216 g/mol. The lowest BCUT2D eigenvalue weighted by Crippen LogP contribution is -2.00. The molecule has 0 fully saturated rings. The van der Waals surface area contributed by atoms with Gasteiger partial charge >= 0.3 is 5.97 Å². The number of ether oxygens (including phenoxy) is 2. The SMILES string of the molecule is CCOC(=O)/C=C1\CC(OC)c2ccccc21. The van der Waals surface area contributed by atoms with Gasteiger partial charge in [-0.2, -0.15) is 0 Å². The van der Waals surface area contributed by atoms with E-state index in [0.717, 1.165) is 23.1 Å². The van der Waals surface area contributed by atoms with Crippen molar-refractivity contribution in [1.29, 1.82) is 0 Å². The average Bonchev–Trinajstić information content (AvgIpc) is 2.68. The standard InChI is InChI=1S/C14H16O3/c1-3-17-14(15)9-10-8-13(16-2)12-7-5-4-6-11(10)12/h4-7,9,13H,3,8H2,1-2H3/b10-9+. The summed E-state index contributed by atoms with van der Waals surface area (Å²) in [5.74, 6) is -0.283. The van der Waals surface area contributed by atoms with Crippen LogP contribution in [0.15, 0.2) is 30.3 Å². The smallest absolute Gasteiger partial charge is 0.331 e. The van der Waals surface area contributed by atoms with Crippen LogP contribution in [0.5, 0.6) is 0 Å². The summed E-state index contributed by atoms with van der Waals surface area (Å²) < 4.78 is 10.3. The molecule has 0 aliphatic heterocycles. The molecule has 1 aromatic rings. The van der Waals surface area contributed by atoms with E-state index in [4.69, 9.17) is 9.47 Å². The van der Waals surface area contributed by atoms with E-state index in [-0.39, 0.29) is 12.1 Å². The van der Waals surface area contributed by atoms with Crippen LogP contribution in [-0.2, 0) is 14.3 Å². The van der Waals surface area contributed by atoms with Gasteiger partial charge in [0.2, 0.25) is 0 Å². The Hall–Kier alpha value is -1.61. The molecule has 3 nitrogen and oxygen atoms in total. The molecule has 1 unspecified atom stereocenters. The second kappa shape index (κ2) is 5.15. The molecule has 2 rings (SSSR count). The van der Waals surface area contributed by atoms with Gasteiger partial charge in [0.05, 0.1) is 12.7 Å². The molecule has 0 amide bonds. The third-order valence-corrected chi connectivity index (χ3v) is 2.92. The molecule has 0 radical (unpaired) electrons. The molecule has 0 heterocycles. The zero-order chi connectivity index (χ0) is 12.3. The van der Waals surface area contributed by atoms with E-state index < -0.39 is 0 Å². The predicted molar refractivity (Wildman–Crippen MR) is 65.4 cm³/mol. The summed E-state index contributed by atoms with van der Waals surface area (Å²) in [6.45, 7) is 2.20. The highest BCUT2D eigenvalue weighted by Crippen LogP contribution is 2.41. The van der Waals surface area contributed by atoms with E-state index in [2.05, 4.69) is 0 Å². The van der Waals surface area contributed by atoms with Crippen molar-refractivity contribution in [2.24, 2.45) is 0 Å². The molecule has 1 aromatic carbocycles. The first-order valence-corrected chi connectivity index (χ1v) is 5.75. The number of fused-ring (bicyclic) bond motifs is 1. The first kappa shape index (κ1) is 11.9. The summed E-state index contributed by atoms with van der Waals surface area (Å²) in [6.07, 6.45) is 2.35. The molecule has 0 N–H and O–H groups in total. The van der Waals surface area contributed by atoms with Crippen LogP contribution in [0.2, 0.25) is 0 Å². The quantitative estimate of drug-likeness (QED) is 0.593. The second-order valence-corrected chi connectivity index (χ2v) is 3.94. The summed E-state index contributed by atoms with van der Waals surface area (Å²) in [6, 6.07) is 8.00. The first-order chi connectivity index (χ1) is 8.26. The van der Waals surface area contributed by atoms with Crippen LogP contribution in [0.4, 0.5) is 0 Å². The summed E-state index contributed by atoms with van der Waals surface area (Å²) in [4.78, 5) is 11.5. The van der Waals surface area contributed by atoms with Crippen LogP contribution in [0.3, 0.4) is 0 Å². The van der Waals surface area contributed by atoms with Crippen molar-refractivity contribution in [3.8, 4) is 0 Å². The van der Waals surface area contributed by atoms with Crippen molar-refractivity contribution in [3.63, 3.8) is 0 Å². The van der Waals surface area contributed by atoms with Crippen LogP contribution in [0.25, 0.3) is 5.57 Å². The molecule has 0 aromatic heterocycles. The monoisotopic (exact) mass is 232 g/mol. The number of methoxy groups -OCH3 is 1. The van der Waals surface area contributed by atoms with E-state index in [0.29, 0.717) is 6.61 Å². The number of hydrogen-bond donors (Lipinski definition) is 0. The van der Waals surface area contributed by atoms with Gasteiger partial charge in [0.1, 0.15) is 0 Å². The Morgan fingerprint density at radius 3 is 2.94 bits per heavy atom. The van der Waals surface area contributed by atoms with Crippen LogP contribution < -0.4 is 0 Å². The molecule has 90 valence electrons. The van der Waals surface area contributed by atoms with Gasteiger partial charge < -0.3 is 9.47 Å². The Morgan fingerprint density at radius 2 is 2.24 bits per heavy atom. The van der Waals surface area contributed by atoms with E-state index in [1.807, 2.05) is 24.3 Å². The minimum absolute atomic E-state index is 0.0480. The van der Waals surface area contributed by atoms with Gasteiger partial charge in [0.15, 0.2) is 0 Å². The molecule has 0 bridgehead atoms. The number of benzene rings is 1. The van der Waals surface area contributed by atoms with Gasteiger partial charge in [0.25, 0.3) is 0 Å². The molecule has 1 aliphatic rings. The van der Waals surface area contributed by atoms with Crippen molar-refractivity contribution in [1.82, 2.24) is 0 Å². The Labute approximate surface area is 101 Å². The van der Waals surface area contributed by atoms with E-state index in [1.54, 1.807) is 20.1 Å². The summed E-state index contributed by atoms with van der Waals surface area (Å²) in [5.41, 5.74) is 3.23. The zero-order valence-corrected chi connectivity index (χ0v) is 10.1. The second-order valence-electron chi connectivity index (χ2n) is 3.94. The molecule has 0 saturated carbocycles. The Balaban J connectivity index is 2.31. The number of carbonyl (C=O) groups is 1. The van der Waals surface area contributed by atoms with Gasteiger partial charge in [-0.3, -0.25) is 0 Å². The van der Waals surface area contributed by atoms with Crippen molar-refractivity contribution < 1.29 is 14.3 Å². The Morgan fingerprint density at radius 1 is 1.47 bits per heavy atom. The van der Waals surface area contributed by atoms with Crippen molar-refractivity contribution in [3.05, 3.63) is 41.5 Å². The van der Waals surface area contributed by atoms with Gasteiger partial charge in [0, 0.05) is 19.6 Å². The highest BCUT2D eigenvalue weighted by atomic mass is 16.5. The largest absolute Gasteiger partial charge is 0.463 e. The molecule has 0 spiro atoms. The maximum atomic E-state index is 11.5. The van der Waals surface area contributed by atoms with Gasteiger partial charge in [-0.25, -0.2) is 4.79 Å². The lowest BCUT2D eigenvalue weighted by Gasteiger charge is -2.07. The maximum Gasteiger partial charge on any atom is 0.331 e. The topological polar surface area (TPSA) is 35.5 Å². The van der Waals surface area contributed by atoms with Crippen molar-refractivity contribution in [2.45, 2.75) is 19.4 Å². The molecule has 17 heavy (non-hydrogen) atoms. The third kappa shape index (κ3) is 2.39. The minimum atomic E-state index is -0.283. The molecular formula is C14H16O3. The van der Waals surface area contributed by atoms with Crippen molar-refractivity contribution in [2.75, 3.05) is 13.7 Å². The fraction of sp³-hybridized carbons (Fsp3) is 0.357. The highest BCUT2D eigenvalue weighted by Gasteiger charge is 2.26. The van der Waals surface area contributed by atoms with Crippen LogP contribution in [0, 0.1) is 0 Å². The Kier molecular flexibility index (Phi) is 3.59. The van der Waals surface area contributed by atoms with Crippen LogP contribution in [-0.4, -0.2) is 19.7 Å². The fourth-order valence-corrected chi connectivity index (χ4v) is 2.16. The summed E-state index contributed by atoms with van der Waals surface area (Å²) in [5, 5.41) is 0. The van der Waals surface area contributed by atoms with Gasteiger partial charge in [-0.1, -0.05) is 24.3 Å². The van der Waals surface area contributed by atoms with Crippen LogP contribution in [0.1, 0.15) is 30.6 Å². The normalized spacial score (nSPS) is 20.4. The highest BCUT2D eigenvalue weighted by molar-refractivity contribution is 5.93. The molecule has 0 saturated heterocycles. The lowest BCUT2D eigenvalue weighted by molar-refractivity contribution is -0.137. The molecule has 3 heteroatoms. The van der Waals surface area contributed by atoms with Crippen molar-refractivity contribution >= 4 is 11.5 Å². The summed E-state index contributed by atoms with van der Waals surface area (Å²) in [7, 11) is 1.69. The van der Waals surface area contributed by atoms with Gasteiger partial charge in [-0.05, 0) is 23.6 Å². The third-order valence-electron chi connectivity index (χ3n) is 2.92. The van der Waals surface area contributed by atoms with Crippen LogP contribution >= 0.6 is 0 Å². The number of rotatable bonds is 3. The minimum Gasteiger partial charge on any atom is -0.463 e. The molecule has 1 aliphatic carbocycles. The number of esters is 1. The number of carbonyl (C=O) groups excluding carboxylic acids is 1. The van der Waals surface area contributed by atoms with E-state index in [1.165, 1.54) is 0 Å². The van der Waals surface area contributed by atoms with E-state index in [9.17, 15) is 4.79 Å². The molecule has 1 atom stereocenters. The first-order valence-electron chi connectivity index (χ1n) is 5.75.